The Labute approximate surface area is 369 Å². The lowest BCUT2D eigenvalue weighted by Gasteiger charge is -2.45. The summed E-state index contributed by atoms with van der Waals surface area (Å²) in [6.07, 6.45) is 0. The van der Waals surface area contributed by atoms with E-state index >= 15 is 0 Å². The van der Waals surface area contributed by atoms with Crippen molar-refractivity contribution in [1.82, 2.24) is 0 Å². The molecule has 0 saturated heterocycles. The van der Waals surface area contributed by atoms with Crippen LogP contribution in [0.4, 0.5) is 34.1 Å². The first-order valence-electron chi connectivity index (χ1n) is 21.8. The van der Waals surface area contributed by atoms with Gasteiger partial charge >= 0.3 is 0 Å². The van der Waals surface area contributed by atoms with E-state index in [1.54, 1.807) is 0 Å². The van der Waals surface area contributed by atoms with Crippen LogP contribution >= 0.6 is 0 Å². The minimum absolute atomic E-state index is 0.0504. The number of anilines is 6. The topological polar surface area (TPSA) is 6.48 Å². The summed E-state index contributed by atoms with van der Waals surface area (Å²) >= 11 is 0. The number of nitrogens with zero attached hydrogens (tertiary/aromatic N) is 2. The quantitative estimate of drug-likeness (QED) is 0.148. The second kappa shape index (κ2) is 15.4. The molecule has 0 N–H and O–H groups in total. The largest absolute Gasteiger partial charge is 0.311 e. The lowest BCUT2D eigenvalue weighted by molar-refractivity contribution is 1.25. The molecule has 63 heavy (non-hydrogen) atoms. The highest BCUT2D eigenvalue weighted by molar-refractivity contribution is 7.00. The Morgan fingerprint density at radius 1 is 0.254 bits per heavy atom. The van der Waals surface area contributed by atoms with Gasteiger partial charge in [0.1, 0.15) is 0 Å². The lowest BCUT2D eigenvalue weighted by Crippen LogP contribution is -2.61. The van der Waals surface area contributed by atoms with Crippen molar-refractivity contribution in [2.45, 2.75) is 0 Å². The highest BCUT2D eigenvalue weighted by atomic mass is 15.2. The van der Waals surface area contributed by atoms with Crippen LogP contribution in [0.1, 0.15) is 0 Å². The van der Waals surface area contributed by atoms with Gasteiger partial charge in [0.2, 0.25) is 0 Å². The van der Waals surface area contributed by atoms with Crippen LogP contribution < -0.4 is 26.2 Å². The summed E-state index contributed by atoms with van der Waals surface area (Å²) in [4.78, 5) is 5.08. The summed E-state index contributed by atoms with van der Waals surface area (Å²) in [6, 6.07) is 91.2. The zero-order valence-electron chi connectivity index (χ0n) is 34.6. The Hall–Kier alpha value is -8.14. The molecule has 0 aromatic heterocycles. The molecular weight excluding hydrogens is 759 g/mol. The summed E-state index contributed by atoms with van der Waals surface area (Å²) in [7, 11) is 0. The van der Waals surface area contributed by atoms with Gasteiger partial charge in [0.05, 0.1) is 0 Å². The molecule has 0 unspecified atom stereocenters. The van der Waals surface area contributed by atoms with Crippen LogP contribution in [0.3, 0.4) is 0 Å². The molecule has 0 saturated carbocycles. The molecule has 0 atom stereocenters. The number of rotatable bonds is 7. The van der Waals surface area contributed by atoms with Crippen LogP contribution in [0.25, 0.3) is 55.6 Å². The molecular formula is C60H41BN2. The molecule has 2 aliphatic heterocycles. The van der Waals surface area contributed by atoms with E-state index < -0.39 is 0 Å². The molecule has 294 valence electrons. The zero-order valence-corrected chi connectivity index (χ0v) is 34.6. The van der Waals surface area contributed by atoms with Gasteiger partial charge in [-0.2, -0.15) is 0 Å². The van der Waals surface area contributed by atoms with Crippen molar-refractivity contribution in [2.75, 3.05) is 9.80 Å². The summed E-state index contributed by atoms with van der Waals surface area (Å²) in [5.41, 5.74) is 22.8. The van der Waals surface area contributed by atoms with Gasteiger partial charge in [-0.05, 0) is 109 Å². The Kier molecular flexibility index (Phi) is 8.97. The lowest BCUT2D eigenvalue weighted by atomic mass is 9.33. The van der Waals surface area contributed by atoms with Crippen molar-refractivity contribution in [3.63, 3.8) is 0 Å². The monoisotopic (exact) mass is 800 g/mol. The van der Waals surface area contributed by atoms with E-state index in [0.29, 0.717) is 0 Å². The average molecular weight is 801 g/mol. The highest BCUT2D eigenvalue weighted by Crippen LogP contribution is 2.49. The van der Waals surface area contributed by atoms with Crippen molar-refractivity contribution in [1.29, 1.82) is 0 Å². The third-order valence-corrected chi connectivity index (χ3v) is 12.8. The van der Waals surface area contributed by atoms with Crippen molar-refractivity contribution in [2.24, 2.45) is 0 Å². The van der Waals surface area contributed by atoms with Gasteiger partial charge in [0, 0.05) is 39.7 Å². The van der Waals surface area contributed by atoms with Crippen LogP contribution in [0.2, 0.25) is 0 Å². The molecule has 2 aliphatic rings. The normalized spacial score (nSPS) is 12.3. The van der Waals surface area contributed by atoms with E-state index in [4.69, 9.17) is 0 Å². The standard InChI is InChI=1S/C60H41BN2/c1-6-18-42(19-7-1)46-32-35-51(36-33-46)63-58-41-50(45-24-12-4-13-25-45)40-57-59(58)61(54-31-17-30-53(60(54)63)47-26-14-5-15-27-47)55-39-49(44-22-10-3-11-23-44)34-37-56(55)62(57)52-29-16-28-48(38-52)43-20-8-2-9-21-43/h1-41H. The van der Waals surface area contributed by atoms with Crippen molar-refractivity contribution < 1.29 is 0 Å². The fraction of sp³-hybridized carbons (Fsp3) is 0. The predicted molar refractivity (Wildman–Crippen MR) is 268 cm³/mol. The molecule has 2 nitrogen and oxygen atoms in total. The molecule has 0 fully saturated rings. The highest BCUT2D eigenvalue weighted by Gasteiger charge is 2.44. The van der Waals surface area contributed by atoms with Crippen molar-refractivity contribution >= 4 is 57.2 Å². The number of hydrogen-bond donors (Lipinski definition) is 0. The SMILES string of the molecule is c1ccc(-c2ccc(N3c4cc(-c5ccccc5)cc5c4B(c4cc(-c6ccccc6)ccc4N5c4cccc(-c5ccccc5)c4)c4cccc(-c5ccccc5)c43)cc2)cc1. The minimum atomic E-state index is -0.0504. The first-order valence-corrected chi connectivity index (χ1v) is 21.8. The van der Waals surface area contributed by atoms with Gasteiger partial charge in [-0.15, -0.1) is 0 Å². The molecule has 0 radical (unpaired) electrons. The summed E-state index contributed by atoms with van der Waals surface area (Å²) in [5.74, 6) is 0. The molecule has 0 spiro atoms. The van der Waals surface area contributed by atoms with Gasteiger partial charge in [-0.25, -0.2) is 0 Å². The van der Waals surface area contributed by atoms with Crippen molar-refractivity contribution in [3.05, 3.63) is 249 Å². The van der Waals surface area contributed by atoms with Crippen LogP contribution in [0.5, 0.6) is 0 Å². The molecule has 12 rings (SSSR count). The maximum absolute atomic E-state index is 2.55. The summed E-state index contributed by atoms with van der Waals surface area (Å²) in [6.45, 7) is -0.0504. The molecule has 0 amide bonds. The molecule has 3 heteroatoms. The zero-order chi connectivity index (χ0) is 41.7. The Morgan fingerprint density at radius 3 is 1.32 bits per heavy atom. The van der Waals surface area contributed by atoms with Gasteiger partial charge in [-0.3, -0.25) is 0 Å². The molecule has 10 aromatic carbocycles. The fourth-order valence-electron chi connectivity index (χ4n) is 9.94. The Morgan fingerprint density at radius 2 is 0.714 bits per heavy atom. The van der Waals surface area contributed by atoms with E-state index in [0.717, 1.165) is 11.4 Å². The van der Waals surface area contributed by atoms with Gasteiger partial charge in [0.15, 0.2) is 0 Å². The number of fused-ring (bicyclic) bond motifs is 4. The third-order valence-electron chi connectivity index (χ3n) is 12.8. The molecule has 10 aromatic rings. The first-order chi connectivity index (χ1) is 31.3. The number of hydrogen-bond acceptors (Lipinski definition) is 2. The number of para-hydroxylation sites is 1. The van der Waals surface area contributed by atoms with Crippen LogP contribution in [-0.2, 0) is 0 Å². The third kappa shape index (κ3) is 6.37. The average Bonchev–Trinajstić information content (AvgIpc) is 3.37. The van der Waals surface area contributed by atoms with Crippen molar-refractivity contribution in [3.8, 4) is 55.6 Å². The van der Waals surface area contributed by atoms with E-state index in [1.165, 1.54) is 94.8 Å². The second-order valence-corrected chi connectivity index (χ2v) is 16.5. The second-order valence-electron chi connectivity index (χ2n) is 16.5. The minimum Gasteiger partial charge on any atom is -0.311 e. The Balaban J connectivity index is 1.18. The van der Waals surface area contributed by atoms with Gasteiger partial charge in [0.25, 0.3) is 6.71 Å². The molecule has 2 heterocycles. The molecule has 0 aliphatic carbocycles. The van der Waals surface area contributed by atoms with Crippen LogP contribution in [0.15, 0.2) is 249 Å². The summed E-state index contributed by atoms with van der Waals surface area (Å²) in [5, 5.41) is 0. The molecule has 0 bridgehead atoms. The first kappa shape index (κ1) is 36.7. The van der Waals surface area contributed by atoms with Gasteiger partial charge < -0.3 is 9.80 Å². The summed E-state index contributed by atoms with van der Waals surface area (Å²) < 4.78 is 0. The smallest absolute Gasteiger partial charge is 0.252 e. The Bertz CT molecular complexity index is 3260. The van der Waals surface area contributed by atoms with Gasteiger partial charge in [-0.1, -0.05) is 206 Å². The van der Waals surface area contributed by atoms with E-state index in [2.05, 4.69) is 259 Å². The van der Waals surface area contributed by atoms with Crippen LogP contribution in [0, 0.1) is 0 Å². The van der Waals surface area contributed by atoms with E-state index in [1.807, 2.05) is 0 Å². The van der Waals surface area contributed by atoms with Crippen LogP contribution in [-0.4, -0.2) is 6.71 Å². The maximum atomic E-state index is 2.55. The predicted octanol–water partition coefficient (Wildman–Crippen LogP) is 14.1. The van der Waals surface area contributed by atoms with E-state index in [-0.39, 0.29) is 6.71 Å². The maximum Gasteiger partial charge on any atom is 0.252 e. The van der Waals surface area contributed by atoms with E-state index in [9.17, 15) is 0 Å². The fourth-order valence-corrected chi connectivity index (χ4v) is 9.94. The number of benzene rings is 10.